The van der Waals surface area contributed by atoms with Crippen molar-refractivity contribution in [3.8, 4) is 17.7 Å². The first-order valence-corrected chi connectivity index (χ1v) is 8.97. The van der Waals surface area contributed by atoms with Gasteiger partial charge in [-0.2, -0.15) is 0 Å². The van der Waals surface area contributed by atoms with E-state index in [9.17, 15) is 5.26 Å². The Labute approximate surface area is 189 Å². The Kier molecular flexibility index (Phi) is 6.01. The van der Waals surface area contributed by atoms with Crippen LogP contribution in [0.2, 0.25) is 0 Å². The summed E-state index contributed by atoms with van der Waals surface area (Å²) in [6.07, 6.45) is 6.03. The molecule has 0 aromatic carbocycles. The molecule has 30 heavy (non-hydrogen) atoms. The van der Waals surface area contributed by atoms with E-state index < -0.39 is 5.41 Å². The van der Waals surface area contributed by atoms with Gasteiger partial charge in [-0.05, 0) is 32.0 Å². The van der Waals surface area contributed by atoms with Crippen molar-refractivity contribution in [3.05, 3.63) is 102 Å². The Morgan fingerprint density at radius 3 is 2.10 bits per heavy atom. The summed E-state index contributed by atoms with van der Waals surface area (Å²) >= 11 is 0. The predicted octanol–water partition coefficient (Wildman–Crippen LogP) is 4.40. The maximum atomic E-state index is 9.28. The second-order valence-electron chi connectivity index (χ2n) is 6.95. The number of nitriles is 1. The first-order valence-electron chi connectivity index (χ1n) is 8.97. The average Bonchev–Trinajstić information content (AvgIpc) is 3.43. The molecule has 0 saturated carbocycles. The SMILES string of the molecule is [C-]#[N+]c1cc[c-]n1-c1cccc(C(C)(C)c2cccc(-n3[c-]ccc3C#N)n2)n1.[Pt+2]. The molecule has 0 amide bonds. The molecule has 4 aromatic heterocycles. The van der Waals surface area contributed by atoms with Gasteiger partial charge in [0, 0.05) is 28.7 Å². The topological polar surface area (TPSA) is 63.8 Å². The van der Waals surface area contributed by atoms with Gasteiger partial charge < -0.3 is 9.41 Å². The zero-order chi connectivity index (χ0) is 20.4. The number of nitrogens with zero attached hydrogens (tertiary/aromatic N) is 6. The summed E-state index contributed by atoms with van der Waals surface area (Å²) < 4.78 is 3.28. The smallest absolute Gasteiger partial charge is 0.421 e. The molecule has 0 aliphatic carbocycles. The molecule has 0 bridgehead atoms. The van der Waals surface area contributed by atoms with E-state index in [-0.39, 0.29) is 21.1 Å². The van der Waals surface area contributed by atoms with Crippen LogP contribution in [-0.4, -0.2) is 19.1 Å². The molecular weight excluding hydrogens is 555 g/mol. The van der Waals surface area contributed by atoms with Crippen LogP contribution in [-0.2, 0) is 26.5 Å². The Balaban J connectivity index is 0.00000256. The molecule has 0 N–H and O–H groups in total. The van der Waals surface area contributed by atoms with Gasteiger partial charge in [-0.3, -0.25) is 14.5 Å². The Hall–Kier alpha value is -3.47. The van der Waals surface area contributed by atoms with Gasteiger partial charge in [-0.15, -0.1) is 18.2 Å². The second kappa shape index (κ2) is 8.49. The Morgan fingerprint density at radius 1 is 0.933 bits per heavy atom. The summed E-state index contributed by atoms with van der Waals surface area (Å²) in [6, 6.07) is 20.4. The first kappa shape index (κ1) is 21.2. The van der Waals surface area contributed by atoms with E-state index in [2.05, 4.69) is 23.3 Å². The molecule has 0 saturated heterocycles. The third-order valence-corrected chi connectivity index (χ3v) is 4.79. The van der Waals surface area contributed by atoms with Crippen molar-refractivity contribution < 1.29 is 21.1 Å². The minimum Gasteiger partial charge on any atom is -0.421 e. The minimum atomic E-state index is -0.503. The van der Waals surface area contributed by atoms with E-state index in [0.29, 0.717) is 23.1 Å². The first-order chi connectivity index (χ1) is 14.0. The Morgan fingerprint density at radius 2 is 1.50 bits per heavy atom. The fraction of sp³-hybridized carbons (Fsp3) is 0.130. The van der Waals surface area contributed by atoms with Gasteiger partial charge >= 0.3 is 21.1 Å². The molecule has 0 unspecified atom stereocenters. The van der Waals surface area contributed by atoms with Gasteiger partial charge in [-0.25, -0.2) is 5.26 Å². The van der Waals surface area contributed by atoms with Crippen molar-refractivity contribution in [2.24, 2.45) is 0 Å². The van der Waals surface area contributed by atoms with E-state index in [1.54, 1.807) is 33.4 Å². The number of aromatic nitrogens is 4. The van der Waals surface area contributed by atoms with Crippen LogP contribution in [0.25, 0.3) is 16.5 Å². The van der Waals surface area contributed by atoms with E-state index in [1.807, 2.05) is 50.2 Å². The van der Waals surface area contributed by atoms with Crippen LogP contribution in [0.4, 0.5) is 5.82 Å². The van der Waals surface area contributed by atoms with Crippen molar-refractivity contribution in [2.45, 2.75) is 19.3 Å². The Bertz CT molecular complexity index is 1170. The van der Waals surface area contributed by atoms with Crippen LogP contribution in [0.5, 0.6) is 0 Å². The average molecular weight is 572 g/mol. The van der Waals surface area contributed by atoms with Crippen LogP contribution in [0, 0.1) is 30.3 Å². The third kappa shape index (κ3) is 3.71. The van der Waals surface area contributed by atoms with Crippen molar-refractivity contribution >= 4 is 5.82 Å². The van der Waals surface area contributed by atoms with Crippen LogP contribution >= 0.6 is 0 Å². The van der Waals surface area contributed by atoms with E-state index >= 15 is 0 Å². The van der Waals surface area contributed by atoms with Gasteiger partial charge in [0.25, 0.3) is 0 Å². The standard InChI is InChI=1S/C23H16N6.Pt/c1-23(2,18-9-4-11-21(26-18)28-14-6-8-17(28)16-24)19-10-5-12-22(27-19)29-15-7-13-20(29)25-3;/h4-13H,1-2H3;/q-2;+2. The fourth-order valence-electron chi connectivity index (χ4n) is 3.13. The van der Waals surface area contributed by atoms with Gasteiger partial charge in [0.2, 0.25) is 5.82 Å². The van der Waals surface area contributed by atoms with Gasteiger partial charge in [0.1, 0.15) is 5.82 Å². The van der Waals surface area contributed by atoms with Crippen LogP contribution in [0.15, 0.2) is 60.7 Å². The maximum Gasteiger partial charge on any atom is 2.00 e. The number of hydrogen-bond acceptors (Lipinski definition) is 3. The molecule has 0 fully saturated rings. The second-order valence-corrected chi connectivity index (χ2v) is 6.95. The summed E-state index contributed by atoms with van der Waals surface area (Å²) in [4.78, 5) is 13.1. The molecule has 0 radical (unpaired) electrons. The van der Waals surface area contributed by atoms with E-state index in [0.717, 1.165) is 11.4 Å². The molecular formula is C23H16N6Pt. The van der Waals surface area contributed by atoms with Crippen molar-refractivity contribution in [2.75, 3.05) is 0 Å². The van der Waals surface area contributed by atoms with Crippen molar-refractivity contribution in [3.63, 3.8) is 0 Å². The number of rotatable bonds is 4. The zero-order valence-corrected chi connectivity index (χ0v) is 18.5. The molecule has 6 nitrogen and oxygen atoms in total. The minimum absolute atomic E-state index is 0. The molecule has 4 rings (SSSR count). The van der Waals surface area contributed by atoms with Gasteiger partial charge in [0.15, 0.2) is 0 Å². The number of pyridine rings is 2. The van der Waals surface area contributed by atoms with Gasteiger partial charge in [-0.1, -0.05) is 37.0 Å². The predicted molar refractivity (Wildman–Crippen MR) is 108 cm³/mol. The van der Waals surface area contributed by atoms with Crippen LogP contribution < -0.4 is 0 Å². The largest absolute Gasteiger partial charge is 2.00 e. The third-order valence-electron chi connectivity index (χ3n) is 4.79. The fourth-order valence-corrected chi connectivity index (χ4v) is 3.13. The molecule has 4 aromatic rings. The van der Waals surface area contributed by atoms with Crippen molar-refractivity contribution in [1.29, 1.82) is 5.26 Å². The van der Waals surface area contributed by atoms with Crippen LogP contribution in [0.3, 0.4) is 0 Å². The summed E-state index contributed by atoms with van der Waals surface area (Å²) in [5.41, 5.74) is 1.60. The summed E-state index contributed by atoms with van der Waals surface area (Å²) in [7, 11) is 0. The summed E-state index contributed by atoms with van der Waals surface area (Å²) in [5, 5.41) is 9.28. The normalized spacial score (nSPS) is 10.7. The van der Waals surface area contributed by atoms with Crippen LogP contribution in [0.1, 0.15) is 30.9 Å². The van der Waals surface area contributed by atoms with E-state index in [4.69, 9.17) is 16.5 Å². The molecule has 4 heterocycles. The van der Waals surface area contributed by atoms with E-state index in [1.165, 1.54) is 0 Å². The monoisotopic (exact) mass is 571 g/mol. The van der Waals surface area contributed by atoms with Gasteiger partial charge in [0.05, 0.1) is 11.9 Å². The summed E-state index contributed by atoms with van der Waals surface area (Å²) in [5.74, 6) is 1.72. The molecule has 148 valence electrons. The molecule has 0 aliphatic heterocycles. The summed E-state index contributed by atoms with van der Waals surface area (Å²) in [6.45, 7) is 11.4. The molecule has 0 aliphatic rings. The molecule has 7 heteroatoms. The van der Waals surface area contributed by atoms with Crippen molar-refractivity contribution in [1.82, 2.24) is 19.1 Å². The molecule has 0 atom stereocenters. The number of hydrogen-bond donors (Lipinski definition) is 0. The quantitative estimate of drug-likeness (QED) is 0.341. The maximum absolute atomic E-state index is 9.28. The zero-order valence-electron chi connectivity index (χ0n) is 16.3. The molecule has 0 spiro atoms.